The summed E-state index contributed by atoms with van der Waals surface area (Å²) in [7, 11) is 0. The Labute approximate surface area is 105 Å². The number of piperidine rings is 1. The normalized spacial score (nSPS) is 19.5. The fraction of sp³-hybridized carbons (Fsp3) is 0.462. The molecule has 2 N–H and O–H groups in total. The van der Waals surface area contributed by atoms with Gasteiger partial charge in [0.25, 0.3) is 5.91 Å². The highest BCUT2D eigenvalue weighted by molar-refractivity contribution is 5.93. The van der Waals surface area contributed by atoms with Crippen molar-refractivity contribution in [2.24, 2.45) is 5.92 Å². The van der Waals surface area contributed by atoms with E-state index in [1.165, 1.54) is 12.1 Å². The molecule has 0 aromatic heterocycles. The molecule has 1 saturated heterocycles. The number of carbonyl (C=O) groups excluding carboxylic acids is 1. The van der Waals surface area contributed by atoms with Gasteiger partial charge in [0, 0.05) is 6.54 Å². The quantitative estimate of drug-likeness (QED) is 0.798. The van der Waals surface area contributed by atoms with Crippen molar-refractivity contribution in [2.45, 2.75) is 12.8 Å². The minimum absolute atomic E-state index is 0.000677. The Hall–Kier alpha value is -1.46. The van der Waals surface area contributed by atoms with Crippen molar-refractivity contribution >= 4 is 5.91 Å². The van der Waals surface area contributed by atoms with Crippen LogP contribution >= 0.6 is 0 Å². The molecule has 1 fully saturated rings. The van der Waals surface area contributed by atoms with Gasteiger partial charge in [0.05, 0.1) is 12.2 Å². The van der Waals surface area contributed by atoms with Crippen LogP contribution in [0.1, 0.15) is 23.2 Å². The van der Waals surface area contributed by atoms with Crippen molar-refractivity contribution in [3.63, 3.8) is 0 Å². The van der Waals surface area contributed by atoms with Crippen LogP contribution in [0.2, 0.25) is 0 Å². The van der Waals surface area contributed by atoms with Gasteiger partial charge in [0.1, 0.15) is 5.82 Å². The second kappa shape index (κ2) is 6.47. The molecule has 1 atom stereocenters. The number of hydrogen-bond acceptors (Lipinski definition) is 3. The van der Waals surface area contributed by atoms with Gasteiger partial charge in [-0.15, -0.1) is 0 Å². The predicted octanol–water partition coefficient (Wildman–Crippen LogP) is 1.49. The molecule has 1 aliphatic heterocycles. The van der Waals surface area contributed by atoms with Crippen LogP contribution in [-0.4, -0.2) is 25.6 Å². The second-order valence-electron chi connectivity index (χ2n) is 4.43. The maximum absolute atomic E-state index is 13.3. The van der Waals surface area contributed by atoms with E-state index in [0.29, 0.717) is 12.5 Å². The van der Waals surface area contributed by atoms with Crippen LogP contribution in [0, 0.1) is 11.7 Å². The van der Waals surface area contributed by atoms with Crippen molar-refractivity contribution in [2.75, 3.05) is 19.7 Å². The summed E-state index contributed by atoms with van der Waals surface area (Å²) >= 11 is 0. The lowest BCUT2D eigenvalue weighted by molar-refractivity contribution is 0.0125. The number of hydrogen-bond donors (Lipinski definition) is 2. The average Bonchev–Trinajstić information content (AvgIpc) is 2.40. The molecular weight excluding hydrogens is 235 g/mol. The number of rotatable bonds is 4. The summed E-state index contributed by atoms with van der Waals surface area (Å²) in [5, 5.41) is 3.26. The van der Waals surface area contributed by atoms with Crippen molar-refractivity contribution in [1.29, 1.82) is 0 Å². The van der Waals surface area contributed by atoms with Crippen LogP contribution in [0.5, 0.6) is 0 Å². The molecule has 1 aliphatic rings. The number of carbonyl (C=O) groups is 1. The van der Waals surface area contributed by atoms with E-state index >= 15 is 0 Å². The van der Waals surface area contributed by atoms with Crippen molar-refractivity contribution < 1.29 is 14.0 Å². The van der Waals surface area contributed by atoms with Crippen LogP contribution in [0.15, 0.2) is 24.3 Å². The first-order chi connectivity index (χ1) is 8.77. The van der Waals surface area contributed by atoms with Gasteiger partial charge in [-0.05, 0) is 37.4 Å². The SMILES string of the molecule is O=C(NOCC1CCCNC1)c1ccccc1F. The largest absolute Gasteiger partial charge is 0.316 e. The summed E-state index contributed by atoms with van der Waals surface area (Å²) in [6, 6.07) is 5.83. The monoisotopic (exact) mass is 252 g/mol. The van der Waals surface area contributed by atoms with E-state index in [2.05, 4.69) is 10.8 Å². The molecule has 1 unspecified atom stereocenters. The topological polar surface area (TPSA) is 50.4 Å². The average molecular weight is 252 g/mol. The minimum atomic E-state index is -0.545. The molecule has 18 heavy (non-hydrogen) atoms. The minimum Gasteiger partial charge on any atom is -0.316 e. The van der Waals surface area contributed by atoms with Gasteiger partial charge in [-0.25, -0.2) is 9.87 Å². The van der Waals surface area contributed by atoms with Gasteiger partial charge >= 0.3 is 0 Å². The van der Waals surface area contributed by atoms with E-state index in [1.807, 2.05) is 0 Å². The number of benzene rings is 1. The third-order valence-electron chi connectivity index (χ3n) is 3.00. The molecule has 0 spiro atoms. The molecule has 4 nitrogen and oxygen atoms in total. The van der Waals surface area contributed by atoms with Crippen molar-refractivity contribution in [1.82, 2.24) is 10.8 Å². The second-order valence-corrected chi connectivity index (χ2v) is 4.43. The molecule has 0 radical (unpaired) electrons. The van der Waals surface area contributed by atoms with Gasteiger partial charge in [0.15, 0.2) is 0 Å². The number of amides is 1. The van der Waals surface area contributed by atoms with Crippen molar-refractivity contribution in [3.8, 4) is 0 Å². The van der Waals surface area contributed by atoms with E-state index in [-0.39, 0.29) is 5.56 Å². The van der Waals surface area contributed by atoms with Gasteiger partial charge in [-0.3, -0.25) is 9.63 Å². The molecule has 2 rings (SSSR count). The third-order valence-corrected chi connectivity index (χ3v) is 3.00. The van der Waals surface area contributed by atoms with Crippen LogP contribution in [0.25, 0.3) is 0 Å². The zero-order valence-corrected chi connectivity index (χ0v) is 10.1. The van der Waals surface area contributed by atoms with Crippen LogP contribution in [0.3, 0.4) is 0 Å². The van der Waals surface area contributed by atoms with E-state index in [4.69, 9.17) is 4.84 Å². The number of halogens is 1. The Bertz CT molecular complexity index is 406. The Morgan fingerprint density at radius 2 is 2.33 bits per heavy atom. The van der Waals surface area contributed by atoms with Gasteiger partial charge in [-0.1, -0.05) is 12.1 Å². The summed E-state index contributed by atoms with van der Waals surface area (Å²) in [5.74, 6) is -0.686. The molecule has 1 aromatic rings. The highest BCUT2D eigenvalue weighted by atomic mass is 19.1. The van der Waals surface area contributed by atoms with Gasteiger partial charge in [-0.2, -0.15) is 0 Å². The van der Waals surface area contributed by atoms with E-state index in [1.54, 1.807) is 12.1 Å². The molecule has 1 aromatic carbocycles. The zero-order valence-electron chi connectivity index (χ0n) is 10.1. The van der Waals surface area contributed by atoms with Crippen LogP contribution < -0.4 is 10.8 Å². The first kappa shape index (κ1) is 13.0. The van der Waals surface area contributed by atoms with Crippen molar-refractivity contribution in [3.05, 3.63) is 35.6 Å². The lowest BCUT2D eigenvalue weighted by Crippen LogP contribution is -2.35. The van der Waals surface area contributed by atoms with Crippen LogP contribution in [-0.2, 0) is 4.84 Å². The zero-order chi connectivity index (χ0) is 12.8. The van der Waals surface area contributed by atoms with Gasteiger partial charge < -0.3 is 5.32 Å². The Balaban J connectivity index is 1.76. The first-order valence-corrected chi connectivity index (χ1v) is 6.15. The molecular formula is C13H17FN2O2. The highest BCUT2D eigenvalue weighted by Crippen LogP contribution is 2.10. The lowest BCUT2D eigenvalue weighted by atomic mass is 10.0. The maximum atomic E-state index is 13.3. The van der Waals surface area contributed by atoms with Crippen LogP contribution in [0.4, 0.5) is 4.39 Å². The first-order valence-electron chi connectivity index (χ1n) is 6.15. The van der Waals surface area contributed by atoms with Gasteiger partial charge in [0.2, 0.25) is 0 Å². The standard InChI is InChI=1S/C13H17FN2O2/c14-12-6-2-1-5-11(12)13(17)16-18-9-10-4-3-7-15-8-10/h1-2,5-6,10,15H,3-4,7-9H2,(H,16,17). The molecule has 0 bridgehead atoms. The summed E-state index contributed by atoms with van der Waals surface area (Å²) in [6.07, 6.45) is 2.21. The third kappa shape index (κ3) is 3.51. The highest BCUT2D eigenvalue weighted by Gasteiger charge is 2.15. The smallest absolute Gasteiger partial charge is 0.277 e. The van der Waals surface area contributed by atoms with E-state index in [9.17, 15) is 9.18 Å². The predicted molar refractivity (Wildman–Crippen MR) is 65.4 cm³/mol. The Morgan fingerprint density at radius 1 is 1.50 bits per heavy atom. The molecule has 98 valence electrons. The molecule has 5 heteroatoms. The Kier molecular flexibility index (Phi) is 4.66. The number of hydroxylamine groups is 1. The summed E-state index contributed by atoms with van der Waals surface area (Å²) in [5.41, 5.74) is 2.28. The lowest BCUT2D eigenvalue weighted by Gasteiger charge is -2.22. The molecule has 1 heterocycles. The molecule has 0 aliphatic carbocycles. The fourth-order valence-corrected chi connectivity index (χ4v) is 1.99. The summed E-state index contributed by atoms with van der Waals surface area (Å²) in [6.45, 7) is 2.39. The van der Waals surface area contributed by atoms with E-state index in [0.717, 1.165) is 25.9 Å². The summed E-state index contributed by atoms with van der Waals surface area (Å²) in [4.78, 5) is 16.8. The molecule has 1 amide bonds. The summed E-state index contributed by atoms with van der Waals surface area (Å²) < 4.78 is 13.3. The number of nitrogens with one attached hydrogen (secondary N) is 2. The molecule has 0 saturated carbocycles. The fourth-order valence-electron chi connectivity index (χ4n) is 1.99. The maximum Gasteiger partial charge on any atom is 0.277 e. The van der Waals surface area contributed by atoms with E-state index < -0.39 is 11.7 Å². The Morgan fingerprint density at radius 3 is 3.06 bits per heavy atom.